The maximum atomic E-state index is 12.1. The minimum atomic E-state index is -4.52. The van der Waals surface area contributed by atoms with E-state index in [4.69, 9.17) is 0 Å². The number of sulfonamides is 1. The Balaban J connectivity index is 4.49. The average molecular weight is 219 g/mol. The minimum absolute atomic E-state index is 0.303. The van der Waals surface area contributed by atoms with E-state index < -0.39 is 22.2 Å². The number of rotatable bonds is 4. The molecular weight excluding hydrogens is 207 g/mol. The average Bonchev–Trinajstić information content (AvgIpc) is 1.98. The third-order valence-corrected chi connectivity index (χ3v) is 2.91. The molecule has 80 valence electrons. The summed E-state index contributed by atoms with van der Waals surface area (Å²) < 4.78 is 59.4. The van der Waals surface area contributed by atoms with E-state index >= 15 is 0 Å². The lowest BCUT2D eigenvalue weighted by Crippen LogP contribution is -2.45. The summed E-state index contributed by atoms with van der Waals surface area (Å²) in [5.41, 5.74) is 0. The zero-order chi connectivity index (χ0) is 10.7. The molecule has 0 spiro atoms. The Hall–Kier alpha value is -0.300. The van der Waals surface area contributed by atoms with Gasteiger partial charge in [-0.05, 0) is 13.3 Å². The fourth-order valence-electron chi connectivity index (χ4n) is 0.682. The third kappa shape index (κ3) is 4.47. The topological polar surface area (TPSA) is 46.2 Å². The van der Waals surface area contributed by atoms with E-state index in [9.17, 15) is 21.6 Å². The normalized spacial score (nSPS) is 15.8. The number of nitrogens with one attached hydrogen (secondary N) is 1. The zero-order valence-corrected chi connectivity index (χ0v) is 8.17. The van der Waals surface area contributed by atoms with Crippen LogP contribution in [-0.2, 0) is 10.0 Å². The van der Waals surface area contributed by atoms with Gasteiger partial charge in [-0.1, -0.05) is 6.92 Å². The van der Waals surface area contributed by atoms with Gasteiger partial charge in [0.05, 0.1) is 5.75 Å². The quantitative estimate of drug-likeness (QED) is 0.773. The van der Waals surface area contributed by atoms with Crippen LogP contribution < -0.4 is 4.72 Å². The summed E-state index contributed by atoms with van der Waals surface area (Å²) in [5.74, 6) is -0.348. The first-order valence-corrected chi connectivity index (χ1v) is 5.45. The van der Waals surface area contributed by atoms with Gasteiger partial charge in [-0.2, -0.15) is 13.2 Å². The molecule has 0 saturated carbocycles. The van der Waals surface area contributed by atoms with Gasteiger partial charge in [-0.25, -0.2) is 13.1 Å². The van der Waals surface area contributed by atoms with Crippen molar-refractivity contribution in [1.29, 1.82) is 0 Å². The summed E-state index contributed by atoms with van der Waals surface area (Å²) in [6.45, 7) is 2.56. The molecule has 0 heterocycles. The second kappa shape index (κ2) is 4.28. The lowest BCUT2D eigenvalue weighted by molar-refractivity contribution is -0.151. The van der Waals surface area contributed by atoms with Crippen LogP contribution in [0.5, 0.6) is 0 Å². The number of hydrogen-bond donors (Lipinski definition) is 1. The van der Waals surface area contributed by atoms with Crippen LogP contribution >= 0.6 is 0 Å². The van der Waals surface area contributed by atoms with Gasteiger partial charge < -0.3 is 0 Å². The fraction of sp³-hybridized carbons (Fsp3) is 1.00. The first-order chi connectivity index (χ1) is 5.73. The standard InChI is InChI=1S/C6H12F3NO2S/c1-3-5(6(7,8)9)10-13(11,12)4-2/h5,10H,3-4H2,1-2H3. The molecule has 0 aliphatic heterocycles. The largest absolute Gasteiger partial charge is 0.404 e. The van der Waals surface area contributed by atoms with Crippen molar-refractivity contribution in [3.05, 3.63) is 0 Å². The molecule has 0 saturated heterocycles. The molecule has 7 heteroatoms. The summed E-state index contributed by atoms with van der Waals surface area (Å²) in [6.07, 6.45) is -4.82. The molecular formula is C6H12F3NO2S. The van der Waals surface area contributed by atoms with Crippen molar-refractivity contribution in [2.75, 3.05) is 5.75 Å². The van der Waals surface area contributed by atoms with Crippen molar-refractivity contribution < 1.29 is 21.6 Å². The van der Waals surface area contributed by atoms with Gasteiger partial charge in [0, 0.05) is 0 Å². The molecule has 0 aliphatic carbocycles. The van der Waals surface area contributed by atoms with Crippen LogP contribution in [0.15, 0.2) is 0 Å². The highest BCUT2D eigenvalue weighted by Gasteiger charge is 2.40. The van der Waals surface area contributed by atoms with E-state index in [0.717, 1.165) is 0 Å². The summed E-state index contributed by atoms with van der Waals surface area (Å²) >= 11 is 0. The van der Waals surface area contributed by atoms with E-state index in [1.165, 1.54) is 13.8 Å². The van der Waals surface area contributed by atoms with Crippen LogP contribution in [0.1, 0.15) is 20.3 Å². The number of alkyl halides is 3. The van der Waals surface area contributed by atoms with E-state index in [0.29, 0.717) is 0 Å². The van der Waals surface area contributed by atoms with Crippen molar-refractivity contribution in [3.63, 3.8) is 0 Å². The van der Waals surface area contributed by atoms with Crippen molar-refractivity contribution in [2.24, 2.45) is 0 Å². The predicted molar refractivity (Wildman–Crippen MR) is 42.7 cm³/mol. The molecule has 1 atom stereocenters. The Morgan fingerprint density at radius 2 is 1.77 bits per heavy atom. The third-order valence-electron chi connectivity index (χ3n) is 1.51. The molecule has 0 aromatic rings. The van der Waals surface area contributed by atoms with Gasteiger partial charge >= 0.3 is 6.18 Å². The molecule has 1 N–H and O–H groups in total. The van der Waals surface area contributed by atoms with E-state index in [1.54, 1.807) is 4.72 Å². The highest BCUT2D eigenvalue weighted by atomic mass is 32.2. The molecule has 3 nitrogen and oxygen atoms in total. The van der Waals surface area contributed by atoms with Crippen LogP contribution in [0.4, 0.5) is 13.2 Å². The van der Waals surface area contributed by atoms with Gasteiger partial charge in [-0.3, -0.25) is 0 Å². The second-order valence-corrected chi connectivity index (χ2v) is 4.57. The Labute approximate surface area is 75.4 Å². The van der Waals surface area contributed by atoms with E-state index in [2.05, 4.69) is 0 Å². The van der Waals surface area contributed by atoms with Crippen LogP contribution in [0.2, 0.25) is 0 Å². The van der Waals surface area contributed by atoms with Gasteiger partial charge in [-0.15, -0.1) is 0 Å². The molecule has 0 rings (SSSR count). The maximum absolute atomic E-state index is 12.1. The SMILES string of the molecule is CCC(NS(=O)(=O)CC)C(F)(F)F. The van der Waals surface area contributed by atoms with Crippen molar-refractivity contribution >= 4 is 10.0 Å². The van der Waals surface area contributed by atoms with Gasteiger partial charge in [0.1, 0.15) is 6.04 Å². The molecule has 0 aromatic heterocycles. The lowest BCUT2D eigenvalue weighted by atomic mass is 10.2. The monoisotopic (exact) mass is 219 g/mol. The highest BCUT2D eigenvalue weighted by Crippen LogP contribution is 2.22. The summed E-state index contributed by atoms with van der Waals surface area (Å²) in [6, 6.07) is -1.97. The summed E-state index contributed by atoms with van der Waals surface area (Å²) in [7, 11) is -3.78. The Morgan fingerprint density at radius 1 is 1.31 bits per heavy atom. The molecule has 0 radical (unpaired) electrons. The van der Waals surface area contributed by atoms with Crippen LogP contribution in [0.3, 0.4) is 0 Å². The summed E-state index contributed by atoms with van der Waals surface area (Å²) in [5, 5.41) is 0. The Bertz CT molecular complexity index is 247. The van der Waals surface area contributed by atoms with E-state index in [1.807, 2.05) is 0 Å². The highest BCUT2D eigenvalue weighted by molar-refractivity contribution is 7.89. The van der Waals surface area contributed by atoms with Crippen molar-refractivity contribution in [1.82, 2.24) is 4.72 Å². The predicted octanol–water partition coefficient (Wildman–Crippen LogP) is 1.27. The number of halogens is 3. The Morgan fingerprint density at radius 3 is 2.00 bits per heavy atom. The second-order valence-electron chi connectivity index (χ2n) is 2.52. The lowest BCUT2D eigenvalue weighted by Gasteiger charge is -2.19. The molecule has 0 fully saturated rings. The minimum Gasteiger partial charge on any atom is -0.212 e. The van der Waals surface area contributed by atoms with E-state index in [-0.39, 0.29) is 12.2 Å². The first-order valence-electron chi connectivity index (χ1n) is 3.79. The smallest absolute Gasteiger partial charge is 0.212 e. The molecule has 1 unspecified atom stereocenters. The maximum Gasteiger partial charge on any atom is 0.404 e. The van der Waals surface area contributed by atoms with Gasteiger partial charge in [0.25, 0.3) is 0 Å². The van der Waals surface area contributed by atoms with Crippen molar-refractivity contribution in [2.45, 2.75) is 32.5 Å². The molecule has 13 heavy (non-hydrogen) atoms. The van der Waals surface area contributed by atoms with Crippen LogP contribution in [-0.4, -0.2) is 26.4 Å². The van der Waals surface area contributed by atoms with Crippen LogP contribution in [0, 0.1) is 0 Å². The molecule has 0 bridgehead atoms. The molecule has 0 aromatic carbocycles. The molecule has 0 aliphatic rings. The van der Waals surface area contributed by atoms with Crippen molar-refractivity contribution in [3.8, 4) is 0 Å². The van der Waals surface area contributed by atoms with Gasteiger partial charge in [0.2, 0.25) is 10.0 Å². The first kappa shape index (κ1) is 12.7. The summed E-state index contributed by atoms with van der Waals surface area (Å²) in [4.78, 5) is 0. The van der Waals surface area contributed by atoms with Crippen LogP contribution in [0.25, 0.3) is 0 Å². The molecule has 0 amide bonds. The fourth-order valence-corrected chi connectivity index (χ4v) is 1.58. The number of hydrogen-bond acceptors (Lipinski definition) is 2. The zero-order valence-electron chi connectivity index (χ0n) is 7.35. The van der Waals surface area contributed by atoms with Gasteiger partial charge in [0.15, 0.2) is 0 Å². The Kier molecular flexibility index (Phi) is 4.18.